The van der Waals surface area contributed by atoms with Crippen molar-refractivity contribution < 1.29 is 12.8 Å². The van der Waals surface area contributed by atoms with Crippen molar-refractivity contribution in [1.29, 1.82) is 0 Å². The van der Waals surface area contributed by atoms with E-state index in [-0.39, 0.29) is 16.8 Å². The van der Waals surface area contributed by atoms with Gasteiger partial charge in [-0.2, -0.15) is 0 Å². The summed E-state index contributed by atoms with van der Waals surface area (Å²) in [7, 11) is -3.58. The summed E-state index contributed by atoms with van der Waals surface area (Å²) in [6, 6.07) is 5.60. The van der Waals surface area contributed by atoms with E-state index >= 15 is 0 Å². The average molecular weight is 304 g/mol. The van der Waals surface area contributed by atoms with Crippen LogP contribution in [0, 0.1) is 5.82 Å². The molecule has 0 spiro atoms. The van der Waals surface area contributed by atoms with Gasteiger partial charge >= 0.3 is 0 Å². The second-order valence-electron chi connectivity index (χ2n) is 4.44. The predicted molar refractivity (Wildman–Crippen MR) is 77.9 cm³/mol. The summed E-state index contributed by atoms with van der Waals surface area (Å²) >= 11 is 4.68. The minimum absolute atomic E-state index is 0.0681. The Hall–Kier alpha value is -1.05. The minimum Gasteiger partial charge on any atom is -0.392 e. The summed E-state index contributed by atoms with van der Waals surface area (Å²) in [6.45, 7) is 3.17. The van der Waals surface area contributed by atoms with Crippen molar-refractivity contribution in [3.05, 3.63) is 35.6 Å². The molecule has 1 rings (SSSR count). The first kappa shape index (κ1) is 16.0. The first-order valence-corrected chi connectivity index (χ1v) is 7.72. The van der Waals surface area contributed by atoms with Gasteiger partial charge in [-0.25, -0.2) is 17.5 Å². The molecule has 0 saturated heterocycles. The third-order valence-corrected chi connectivity index (χ3v) is 5.11. The number of rotatable bonds is 6. The third kappa shape index (κ3) is 4.85. The maximum Gasteiger partial charge on any atom is 0.220 e. The van der Waals surface area contributed by atoms with Gasteiger partial charge in [0.1, 0.15) is 11.1 Å². The quantitative estimate of drug-likeness (QED) is 0.778. The summed E-state index contributed by atoms with van der Waals surface area (Å²) in [4.78, 5) is -0.0681. The number of nitrogens with two attached hydrogens (primary N) is 1. The maximum atomic E-state index is 12.8. The van der Waals surface area contributed by atoms with Gasteiger partial charge in [-0.3, -0.25) is 0 Å². The summed E-state index contributed by atoms with van der Waals surface area (Å²) in [6.07, 6.45) is 0.462. The fourth-order valence-electron chi connectivity index (χ4n) is 1.55. The van der Waals surface area contributed by atoms with Gasteiger partial charge in [0.25, 0.3) is 0 Å². The molecule has 0 fully saturated rings. The van der Waals surface area contributed by atoms with Gasteiger partial charge in [0.05, 0.1) is 4.99 Å². The largest absolute Gasteiger partial charge is 0.392 e. The lowest BCUT2D eigenvalue weighted by atomic mass is 10.1. The van der Waals surface area contributed by atoms with E-state index in [0.29, 0.717) is 6.42 Å². The van der Waals surface area contributed by atoms with Gasteiger partial charge < -0.3 is 5.73 Å². The normalized spacial score (nSPS) is 14.9. The third-order valence-electron chi connectivity index (χ3n) is 2.69. The highest BCUT2D eigenvalue weighted by Crippen LogP contribution is 2.08. The lowest BCUT2D eigenvalue weighted by Crippen LogP contribution is -2.44. The molecule has 1 aromatic rings. The second-order valence-corrected chi connectivity index (χ2v) is 6.94. The van der Waals surface area contributed by atoms with Crippen LogP contribution in [0.25, 0.3) is 0 Å². The molecule has 0 aromatic heterocycles. The molecule has 2 unspecified atom stereocenters. The summed E-state index contributed by atoms with van der Waals surface area (Å²) < 4.78 is 39.0. The van der Waals surface area contributed by atoms with E-state index in [1.54, 1.807) is 19.1 Å². The Kier molecular flexibility index (Phi) is 5.39. The fourth-order valence-corrected chi connectivity index (χ4v) is 3.09. The van der Waals surface area contributed by atoms with Gasteiger partial charge in [-0.05, 0) is 38.0 Å². The molecule has 0 saturated carbocycles. The van der Waals surface area contributed by atoms with Crippen molar-refractivity contribution in [3.63, 3.8) is 0 Å². The molecular weight excluding hydrogens is 287 g/mol. The van der Waals surface area contributed by atoms with Crippen LogP contribution in [-0.4, -0.2) is 24.7 Å². The lowest BCUT2D eigenvalue weighted by Gasteiger charge is -2.17. The Morgan fingerprint density at radius 2 is 1.89 bits per heavy atom. The zero-order valence-electron chi connectivity index (χ0n) is 10.8. The maximum absolute atomic E-state index is 12.8. The molecule has 1 aromatic carbocycles. The summed E-state index contributed by atoms with van der Waals surface area (Å²) in [5, 5.41) is -0.918. The van der Waals surface area contributed by atoms with Crippen LogP contribution in [0.15, 0.2) is 24.3 Å². The zero-order valence-corrected chi connectivity index (χ0v) is 12.4. The number of hydrogen-bond acceptors (Lipinski definition) is 3. The highest BCUT2D eigenvalue weighted by Gasteiger charge is 2.24. The highest BCUT2D eigenvalue weighted by atomic mass is 32.2. The Morgan fingerprint density at radius 1 is 1.37 bits per heavy atom. The Balaban J connectivity index is 2.67. The van der Waals surface area contributed by atoms with Crippen LogP contribution in [0.3, 0.4) is 0 Å². The topological polar surface area (TPSA) is 72.2 Å². The molecular formula is C12H17FN2O2S2. The average Bonchev–Trinajstić information content (AvgIpc) is 2.30. The molecule has 0 bridgehead atoms. The molecule has 106 valence electrons. The molecule has 3 N–H and O–H groups in total. The first-order chi connectivity index (χ1) is 8.72. The molecule has 0 aliphatic rings. The summed E-state index contributed by atoms with van der Waals surface area (Å²) in [5.41, 5.74) is 6.18. The molecule has 0 radical (unpaired) electrons. The van der Waals surface area contributed by atoms with Crippen LogP contribution in [0.2, 0.25) is 0 Å². The highest BCUT2D eigenvalue weighted by molar-refractivity contribution is 7.93. The molecule has 4 nitrogen and oxygen atoms in total. The van der Waals surface area contributed by atoms with E-state index in [9.17, 15) is 12.8 Å². The molecule has 0 aliphatic heterocycles. The predicted octanol–water partition coefficient (Wildman–Crippen LogP) is 1.35. The number of benzene rings is 1. The number of halogens is 1. The minimum atomic E-state index is -3.58. The number of hydrogen-bond donors (Lipinski definition) is 2. The summed E-state index contributed by atoms with van der Waals surface area (Å²) in [5.74, 6) is -0.320. The van der Waals surface area contributed by atoms with Crippen molar-refractivity contribution in [2.45, 2.75) is 31.6 Å². The SMILES string of the molecule is CC(Cc1ccc(F)cc1)NS(=O)(=O)C(C)C(N)=S. The number of nitrogens with one attached hydrogen (secondary N) is 1. The van der Waals surface area contributed by atoms with E-state index in [1.807, 2.05) is 0 Å². The van der Waals surface area contributed by atoms with Crippen LogP contribution >= 0.6 is 12.2 Å². The van der Waals surface area contributed by atoms with Gasteiger partial charge in [-0.1, -0.05) is 24.4 Å². The van der Waals surface area contributed by atoms with Crippen LogP contribution < -0.4 is 10.5 Å². The second kappa shape index (κ2) is 6.40. The monoisotopic (exact) mass is 304 g/mol. The molecule has 0 heterocycles. The van der Waals surface area contributed by atoms with E-state index in [2.05, 4.69) is 16.9 Å². The van der Waals surface area contributed by atoms with E-state index in [4.69, 9.17) is 5.73 Å². The smallest absolute Gasteiger partial charge is 0.220 e. The van der Waals surface area contributed by atoms with Crippen molar-refractivity contribution in [2.24, 2.45) is 5.73 Å². The van der Waals surface area contributed by atoms with E-state index in [0.717, 1.165) is 5.56 Å². The Labute approximate surface area is 118 Å². The van der Waals surface area contributed by atoms with Crippen LogP contribution in [0.1, 0.15) is 19.4 Å². The molecule has 7 heteroatoms. The molecule has 0 amide bonds. The van der Waals surface area contributed by atoms with E-state index in [1.165, 1.54) is 19.1 Å². The van der Waals surface area contributed by atoms with Crippen molar-refractivity contribution >= 4 is 27.2 Å². The van der Waals surface area contributed by atoms with Crippen LogP contribution in [0.4, 0.5) is 4.39 Å². The van der Waals surface area contributed by atoms with Gasteiger partial charge in [0.2, 0.25) is 10.0 Å². The van der Waals surface area contributed by atoms with Gasteiger partial charge in [0, 0.05) is 6.04 Å². The Morgan fingerprint density at radius 3 is 2.37 bits per heavy atom. The van der Waals surface area contributed by atoms with Crippen molar-refractivity contribution in [2.75, 3.05) is 0 Å². The fraction of sp³-hybridized carbons (Fsp3) is 0.417. The lowest BCUT2D eigenvalue weighted by molar-refractivity contribution is 0.556. The van der Waals surface area contributed by atoms with E-state index < -0.39 is 15.3 Å². The van der Waals surface area contributed by atoms with Crippen LogP contribution in [-0.2, 0) is 16.4 Å². The zero-order chi connectivity index (χ0) is 14.6. The van der Waals surface area contributed by atoms with Crippen molar-refractivity contribution in [3.8, 4) is 0 Å². The standard InChI is InChI=1S/C12H17FN2O2S2/c1-8(7-10-3-5-11(13)6-4-10)15-19(16,17)9(2)12(14)18/h3-6,8-9,15H,7H2,1-2H3,(H2,14,18). The molecule has 19 heavy (non-hydrogen) atoms. The number of sulfonamides is 1. The van der Waals surface area contributed by atoms with Gasteiger partial charge in [0.15, 0.2) is 0 Å². The van der Waals surface area contributed by atoms with Crippen LogP contribution in [0.5, 0.6) is 0 Å². The first-order valence-electron chi connectivity index (χ1n) is 5.77. The number of thiocarbonyl (C=S) groups is 1. The molecule has 2 atom stereocenters. The van der Waals surface area contributed by atoms with Crippen molar-refractivity contribution in [1.82, 2.24) is 4.72 Å². The molecule has 0 aliphatic carbocycles. The Bertz CT molecular complexity index is 543. The van der Waals surface area contributed by atoms with Gasteiger partial charge in [-0.15, -0.1) is 0 Å².